The molecule has 0 saturated heterocycles. The summed E-state index contributed by atoms with van der Waals surface area (Å²) in [6.45, 7) is 3.20. The van der Waals surface area contributed by atoms with Crippen LogP contribution in [0.15, 0.2) is 72.8 Å². The average molecular weight is 624 g/mol. The highest BCUT2D eigenvalue weighted by Crippen LogP contribution is 2.36. The Kier molecular flexibility index (Phi) is 11.0. The number of hydrogen-bond acceptors (Lipinski definition) is 4. The van der Waals surface area contributed by atoms with Crippen LogP contribution in [0.5, 0.6) is 0 Å². The highest BCUT2D eigenvalue weighted by Gasteiger charge is 2.35. The highest BCUT2D eigenvalue weighted by atomic mass is 35.5. The molecule has 42 heavy (non-hydrogen) atoms. The van der Waals surface area contributed by atoms with Crippen LogP contribution >= 0.6 is 11.6 Å². The Balaban J connectivity index is 2.09. The normalized spacial score (nSPS) is 12.5. The zero-order valence-corrected chi connectivity index (χ0v) is 25.1. The largest absolute Gasteiger partial charge is 0.416 e. The second kappa shape index (κ2) is 14.1. The van der Waals surface area contributed by atoms with Crippen molar-refractivity contribution >= 4 is 39.1 Å². The summed E-state index contributed by atoms with van der Waals surface area (Å²) in [5.74, 6) is -1.23. The first-order valence-corrected chi connectivity index (χ1v) is 15.4. The topological polar surface area (TPSA) is 86.8 Å². The van der Waals surface area contributed by atoms with Crippen molar-refractivity contribution in [2.24, 2.45) is 0 Å². The third-order valence-corrected chi connectivity index (χ3v) is 7.96. The number of nitrogens with one attached hydrogen (secondary N) is 1. The molecule has 226 valence electrons. The number of alkyl halides is 3. The van der Waals surface area contributed by atoms with Crippen LogP contribution in [0, 0.1) is 6.92 Å². The molecule has 0 radical (unpaired) electrons. The molecule has 1 atom stereocenters. The molecular weight excluding hydrogens is 591 g/mol. The van der Waals surface area contributed by atoms with E-state index in [1.54, 1.807) is 36.4 Å². The Morgan fingerprint density at radius 3 is 2.19 bits per heavy atom. The predicted octanol–water partition coefficient (Wildman–Crippen LogP) is 5.60. The van der Waals surface area contributed by atoms with E-state index in [-0.39, 0.29) is 18.0 Å². The maximum atomic E-state index is 14.0. The third kappa shape index (κ3) is 8.96. The number of halogens is 4. The van der Waals surface area contributed by atoms with Gasteiger partial charge in [-0.1, -0.05) is 78.7 Å². The van der Waals surface area contributed by atoms with Gasteiger partial charge in [-0.25, -0.2) is 8.42 Å². The number of carbonyl (C=O) groups excluding carboxylic acids is 2. The number of amides is 2. The van der Waals surface area contributed by atoms with E-state index in [4.69, 9.17) is 11.6 Å². The van der Waals surface area contributed by atoms with Gasteiger partial charge >= 0.3 is 6.18 Å². The zero-order chi connectivity index (χ0) is 31.1. The standard InChI is InChI=1S/C30H33ClF3N3O4S/c1-4-16-35-29(39)27(17-22-8-6-5-7-9-22)36(19-23-12-10-21(2)11-13-23)28(38)20-37(42(3,40)41)26-18-24(30(32,33)34)14-15-25(26)31/h5-15,18,27H,4,16-17,19-20H2,1-3H3,(H,35,39). The van der Waals surface area contributed by atoms with E-state index in [0.717, 1.165) is 29.5 Å². The van der Waals surface area contributed by atoms with Gasteiger partial charge < -0.3 is 10.2 Å². The Morgan fingerprint density at radius 2 is 1.62 bits per heavy atom. The summed E-state index contributed by atoms with van der Waals surface area (Å²) in [6.07, 6.45) is -3.23. The summed E-state index contributed by atoms with van der Waals surface area (Å²) in [5.41, 5.74) is 0.795. The molecule has 0 fully saturated rings. The van der Waals surface area contributed by atoms with Crippen LogP contribution in [0.25, 0.3) is 0 Å². The summed E-state index contributed by atoms with van der Waals surface area (Å²) in [7, 11) is -4.30. The van der Waals surface area contributed by atoms with Gasteiger partial charge in [0.25, 0.3) is 0 Å². The first-order valence-electron chi connectivity index (χ1n) is 13.2. The summed E-state index contributed by atoms with van der Waals surface area (Å²) >= 11 is 6.17. The Hall–Kier alpha value is -3.57. The molecule has 0 aliphatic rings. The molecule has 0 heterocycles. The highest BCUT2D eigenvalue weighted by molar-refractivity contribution is 7.92. The number of sulfonamides is 1. The first-order chi connectivity index (χ1) is 19.7. The summed E-state index contributed by atoms with van der Waals surface area (Å²) in [6, 6.07) is 17.5. The molecule has 1 N–H and O–H groups in total. The Bertz CT molecular complexity index is 1480. The quantitative estimate of drug-likeness (QED) is 0.285. The number of rotatable bonds is 12. The number of carbonyl (C=O) groups is 2. The van der Waals surface area contributed by atoms with Crippen LogP contribution in [0.2, 0.25) is 5.02 Å². The van der Waals surface area contributed by atoms with Gasteiger partial charge in [-0.15, -0.1) is 0 Å². The SMILES string of the molecule is CCCNC(=O)C(Cc1ccccc1)N(Cc1ccc(C)cc1)C(=O)CN(c1cc(C(F)(F)F)ccc1Cl)S(C)(=O)=O. The number of hydrogen-bond donors (Lipinski definition) is 1. The van der Waals surface area contributed by atoms with Crippen molar-refractivity contribution in [3.63, 3.8) is 0 Å². The van der Waals surface area contributed by atoms with E-state index >= 15 is 0 Å². The van der Waals surface area contributed by atoms with Gasteiger partial charge in [0.1, 0.15) is 12.6 Å². The molecule has 0 aromatic heterocycles. The van der Waals surface area contributed by atoms with E-state index < -0.39 is 51.9 Å². The molecule has 0 bridgehead atoms. The molecular formula is C30H33ClF3N3O4S. The molecule has 0 aliphatic heterocycles. The molecule has 1 unspecified atom stereocenters. The van der Waals surface area contributed by atoms with Crippen LogP contribution in [0.1, 0.15) is 35.6 Å². The van der Waals surface area contributed by atoms with Gasteiger partial charge in [-0.3, -0.25) is 13.9 Å². The van der Waals surface area contributed by atoms with Crippen molar-refractivity contribution in [2.75, 3.05) is 23.7 Å². The van der Waals surface area contributed by atoms with Crippen molar-refractivity contribution in [2.45, 2.75) is 45.5 Å². The maximum absolute atomic E-state index is 14.0. The fraction of sp³-hybridized carbons (Fsp3) is 0.333. The smallest absolute Gasteiger partial charge is 0.354 e. The monoisotopic (exact) mass is 623 g/mol. The number of nitrogens with zero attached hydrogens (tertiary/aromatic N) is 2. The summed E-state index contributed by atoms with van der Waals surface area (Å²) in [4.78, 5) is 28.8. The summed E-state index contributed by atoms with van der Waals surface area (Å²) in [5, 5.41) is 2.54. The van der Waals surface area contributed by atoms with Crippen LogP contribution in [-0.2, 0) is 38.8 Å². The molecule has 0 spiro atoms. The van der Waals surface area contributed by atoms with Gasteiger partial charge in [-0.05, 0) is 42.7 Å². The number of benzene rings is 3. The van der Waals surface area contributed by atoms with Crippen LogP contribution in [0.3, 0.4) is 0 Å². The van der Waals surface area contributed by atoms with Gasteiger partial charge in [0.05, 0.1) is 22.5 Å². The van der Waals surface area contributed by atoms with Crippen molar-refractivity contribution in [3.05, 3.63) is 100 Å². The fourth-order valence-corrected chi connectivity index (χ4v) is 5.41. The van der Waals surface area contributed by atoms with Gasteiger partial charge in [-0.2, -0.15) is 13.2 Å². The molecule has 2 amide bonds. The van der Waals surface area contributed by atoms with Gasteiger partial charge in [0.15, 0.2) is 0 Å². The lowest BCUT2D eigenvalue weighted by Crippen LogP contribution is -2.53. The lowest BCUT2D eigenvalue weighted by molar-refractivity contribution is -0.140. The minimum Gasteiger partial charge on any atom is -0.354 e. The van der Waals surface area contributed by atoms with Crippen molar-refractivity contribution in [1.29, 1.82) is 0 Å². The van der Waals surface area contributed by atoms with E-state index in [9.17, 15) is 31.2 Å². The Labute approximate surface area is 249 Å². The van der Waals surface area contributed by atoms with E-state index in [1.165, 1.54) is 4.90 Å². The molecule has 3 rings (SSSR count). The first kappa shape index (κ1) is 32.9. The van der Waals surface area contributed by atoms with Crippen LogP contribution in [0.4, 0.5) is 18.9 Å². The molecule has 0 aliphatic carbocycles. The fourth-order valence-electron chi connectivity index (χ4n) is 4.29. The van der Waals surface area contributed by atoms with Crippen molar-refractivity contribution in [1.82, 2.24) is 10.2 Å². The average Bonchev–Trinajstić information content (AvgIpc) is 2.93. The zero-order valence-electron chi connectivity index (χ0n) is 23.5. The van der Waals surface area contributed by atoms with Crippen molar-refractivity contribution < 1.29 is 31.2 Å². The lowest BCUT2D eigenvalue weighted by atomic mass is 10.0. The van der Waals surface area contributed by atoms with E-state index in [0.29, 0.717) is 28.9 Å². The third-order valence-electron chi connectivity index (χ3n) is 6.52. The summed E-state index contributed by atoms with van der Waals surface area (Å²) < 4.78 is 66.8. The lowest BCUT2D eigenvalue weighted by Gasteiger charge is -2.33. The maximum Gasteiger partial charge on any atom is 0.416 e. The van der Waals surface area contributed by atoms with Crippen molar-refractivity contribution in [3.8, 4) is 0 Å². The predicted molar refractivity (Wildman–Crippen MR) is 158 cm³/mol. The molecule has 3 aromatic carbocycles. The van der Waals surface area contributed by atoms with Crippen LogP contribution in [-0.4, -0.2) is 50.5 Å². The second-order valence-electron chi connectivity index (χ2n) is 9.94. The van der Waals surface area contributed by atoms with Gasteiger partial charge in [0.2, 0.25) is 21.8 Å². The minimum atomic E-state index is -4.78. The molecule has 12 heteroatoms. The van der Waals surface area contributed by atoms with E-state index in [2.05, 4.69) is 5.32 Å². The van der Waals surface area contributed by atoms with Gasteiger partial charge in [0, 0.05) is 19.5 Å². The Morgan fingerprint density at radius 1 is 0.976 bits per heavy atom. The molecule has 3 aromatic rings. The minimum absolute atomic E-state index is 0.0515. The molecule has 0 saturated carbocycles. The number of anilines is 1. The number of aryl methyl sites for hydroxylation is 1. The van der Waals surface area contributed by atoms with Crippen LogP contribution < -0.4 is 9.62 Å². The van der Waals surface area contributed by atoms with E-state index in [1.807, 2.05) is 32.0 Å². The second-order valence-corrected chi connectivity index (χ2v) is 12.3. The molecule has 7 nitrogen and oxygen atoms in total.